The van der Waals surface area contributed by atoms with Crippen LogP contribution < -0.4 is 5.32 Å². The molecule has 0 aliphatic carbocycles. The van der Waals surface area contributed by atoms with Gasteiger partial charge in [0.15, 0.2) is 0 Å². The highest BCUT2D eigenvalue weighted by Gasteiger charge is 2.34. The molecule has 17 heavy (non-hydrogen) atoms. The van der Waals surface area contributed by atoms with Crippen molar-refractivity contribution in [2.45, 2.75) is 19.9 Å². The average molecular weight is 227 g/mol. The van der Waals surface area contributed by atoms with Gasteiger partial charge in [0.25, 0.3) is 5.91 Å². The maximum Gasteiger partial charge on any atom is 0.254 e. The third-order valence-electron chi connectivity index (χ3n) is 3.24. The minimum Gasteiger partial charge on any atom is -0.298 e. The SMILES string of the molecule is Cc1nc2n(c1C)C(c1ccccc1)C(=O)N2. The Hall–Kier alpha value is -2.10. The second-order valence-electron chi connectivity index (χ2n) is 4.28. The Morgan fingerprint density at radius 1 is 1.24 bits per heavy atom. The molecule has 2 aromatic rings. The summed E-state index contributed by atoms with van der Waals surface area (Å²) in [6.45, 7) is 3.94. The minimum absolute atomic E-state index is 0.0122. The lowest BCUT2D eigenvalue weighted by Gasteiger charge is -2.12. The van der Waals surface area contributed by atoms with Crippen LogP contribution in [-0.2, 0) is 4.79 Å². The van der Waals surface area contributed by atoms with E-state index in [1.54, 1.807) is 0 Å². The van der Waals surface area contributed by atoms with Gasteiger partial charge in [-0.2, -0.15) is 0 Å². The zero-order valence-corrected chi connectivity index (χ0v) is 9.77. The number of fused-ring (bicyclic) bond motifs is 1. The van der Waals surface area contributed by atoms with Crippen molar-refractivity contribution in [3.05, 3.63) is 47.3 Å². The topological polar surface area (TPSA) is 46.9 Å². The molecular weight excluding hydrogens is 214 g/mol. The van der Waals surface area contributed by atoms with Crippen LogP contribution in [0.1, 0.15) is 23.0 Å². The number of aryl methyl sites for hydroxylation is 1. The standard InChI is InChI=1S/C13H13N3O/c1-8-9(2)16-11(10-6-4-3-5-7-10)12(17)15-13(16)14-8/h3-7,11H,1-2H3,(H,14,15,17). The molecular formula is C13H13N3O. The van der Waals surface area contributed by atoms with Crippen molar-refractivity contribution in [1.29, 1.82) is 0 Å². The predicted molar refractivity (Wildman–Crippen MR) is 64.9 cm³/mol. The lowest BCUT2D eigenvalue weighted by atomic mass is 10.1. The number of carbonyl (C=O) groups excluding carboxylic acids is 1. The summed E-state index contributed by atoms with van der Waals surface area (Å²) in [5.41, 5.74) is 2.98. The van der Waals surface area contributed by atoms with Crippen LogP contribution in [0.5, 0.6) is 0 Å². The Kier molecular flexibility index (Phi) is 2.04. The maximum atomic E-state index is 12.0. The molecule has 1 aliphatic heterocycles. The zero-order valence-electron chi connectivity index (χ0n) is 9.77. The monoisotopic (exact) mass is 227 g/mol. The van der Waals surface area contributed by atoms with Crippen LogP contribution >= 0.6 is 0 Å². The highest BCUT2D eigenvalue weighted by Crippen LogP contribution is 2.32. The highest BCUT2D eigenvalue weighted by atomic mass is 16.2. The molecule has 0 bridgehead atoms. The lowest BCUT2D eigenvalue weighted by Crippen LogP contribution is -2.17. The van der Waals surface area contributed by atoms with Crippen LogP contribution in [-0.4, -0.2) is 15.5 Å². The molecule has 4 heteroatoms. The molecule has 0 radical (unpaired) electrons. The summed E-state index contributed by atoms with van der Waals surface area (Å²) >= 11 is 0. The summed E-state index contributed by atoms with van der Waals surface area (Å²) in [5.74, 6) is 0.639. The van der Waals surface area contributed by atoms with Gasteiger partial charge in [-0.25, -0.2) is 4.98 Å². The number of benzene rings is 1. The van der Waals surface area contributed by atoms with Gasteiger partial charge in [-0.3, -0.25) is 14.7 Å². The fourth-order valence-electron chi connectivity index (χ4n) is 2.26. The molecule has 0 saturated carbocycles. The molecule has 3 rings (SSSR count). The Morgan fingerprint density at radius 2 is 1.94 bits per heavy atom. The molecule has 1 aromatic carbocycles. The Balaban J connectivity index is 2.17. The molecule has 1 atom stereocenters. The van der Waals surface area contributed by atoms with Crippen LogP contribution in [0.15, 0.2) is 30.3 Å². The van der Waals surface area contributed by atoms with Crippen molar-refractivity contribution in [3.63, 3.8) is 0 Å². The number of hydrogen-bond acceptors (Lipinski definition) is 2. The lowest BCUT2D eigenvalue weighted by molar-refractivity contribution is -0.117. The van der Waals surface area contributed by atoms with E-state index in [0.29, 0.717) is 5.95 Å². The molecule has 1 amide bonds. The van der Waals surface area contributed by atoms with Gasteiger partial charge >= 0.3 is 0 Å². The normalized spacial score (nSPS) is 18.0. The summed E-state index contributed by atoms with van der Waals surface area (Å²) in [7, 11) is 0. The molecule has 0 fully saturated rings. The van der Waals surface area contributed by atoms with Gasteiger partial charge in [-0.05, 0) is 19.4 Å². The molecule has 4 nitrogen and oxygen atoms in total. The Morgan fingerprint density at radius 3 is 2.65 bits per heavy atom. The zero-order chi connectivity index (χ0) is 12.0. The molecule has 0 spiro atoms. The summed E-state index contributed by atoms with van der Waals surface area (Å²) in [4.78, 5) is 16.3. The van der Waals surface area contributed by atoms with Crippen molar-refractivity contribution in [2.24, 2.45) is 0 Å². The van der Waals surface area contributed by atoms with E-state index in [1.165, 1.54) is 0 Å². The number of nitrogens with zero attached hydrogens (tertiary/aromatic N) is 2. The fourth-order valence-corrected chi connectivity index (χ4v) is 2.26. The number of imidazole rings is 1. The van der Waals surface area contributed by atoms with E-state index in [4.69, 9.17) is 0 Å². The Bertz CT molecular complexity index is 586. The quantitative estimate of drug-likeness (QED) is 0.810. The van der Waals surface area contributed by atoms with E-state index in [9.17, 15) is 4.79 Å². The molecule has 1 aromatic heterocycles. The summed E-state index contributed by atoms with van der Waals surface area (Å²) < 4.78 is 1.97. The molecule has 1 unspecified atom stereocenters. The van der Waals surface area contributed by atoms with Gasteiger partial charge in [0, 0.05) is 5.69 Å². The third-order valence-corrected chi connectivity index (χ3v) is 3.24. The van der Waals surface area contributed by atoms with Crippen molar-refractivity contribution < 1.29 is 4.79 Å². The van der Waals surface area contributed by atoms with E-state index >= 15 is 0 Å². The number of nitrogens with one attached hydrogen (secondary N) is 1. The first-order valence-corrected chi connectivity index (χ1v) is 5.59. The molecule has 1 N–H and O–H groups in total. The van der Waals surface area contributed by atoms with Gasteiger partial charge in [-0.15, -0.1) is 0 Å². The van der Waals surface area contributed by atoms with E-state index in [2.05, 4.69) is 10.3 Å². The van der Waals surface area contributed by atoms with Crippen molar-refractivity contribution in [3.8, 4) is 0 Å². The number of amides is 1. The van der Waals surface area contributed by atoms with Crippen LogP contribution in [0.2, 0.25) is 0 Å². The smallest absolute Gasteiger partial charge is 0.254 e. The average Bonchev–Trinajstić information content (AvgIpc) is 2.77. The van der Waals surface area contributed by atoms with Crippen molar-refractivity contribution in [1.82, 2.24) is 9.55 Å². The first-order valence-electron chi connectivity index (χ1n) is 5.59. The van der Waals surface area contributed by atoms with Gasteiger partial charge in [-0.1, -0.05) is 30.3 Å². The van der Waals surface area contributed by atoms with Crippen LogP contribution in [0.3, 0.4) is 0 Å². The van der Waals surface area contributed by atoms with E-state index < -0.39 is 0 Å². The van der Waals surface area contributed by atoms with Gasteiger partial charge in [0.05, 0.1) is 5.69 Å². The molecule has 2 heterocycles. The minimum atomic E-state index is -0.285. The Labute approximate surface area is 99.3 Å². The second kappa shape index (κ2) is 3.45. The second-order valence-corrected chi connectivity index (χ2v) is 4.28. The first kappa shape index (κ1) is 10.1. The molecule has 86 valence electrons. The number of hydrogen-bond donors (Lipinski definition) is 1. The summed E-state index contributed by atoms with van der Waals surface area (Å²) in [6.07, 6.45) is 0. The first-order chi connectivity index (χ1) is 8.18. The highest BCUT2D eigenvalue weighted by molar-refractivity contribution is 5.98. The van der Waals surface area contributed by atoms with E-state index in [1.807, 2.05) is 48.7 Å². The number of aromatic nitrogens is 2. The number of carbonyl (C=O) groups is 1. The summed E-state index contributed by atoms with van der Waals surface area (Å²) in [5, 5.41) is 2.82. The predicted octanol–water partition coefficient (Wildman–Crippen LogP) is 2.04. The van der Waals surface area contributed by atoms with Crippen LogP contribution in [0, 0.1) is 13.8 Å². The van der Waals surface area contributed by atoms with Crippen molar-refractivity contribution >= 4 is 11.9 Å². The largest absolute Gasteiger partial charge is 0.298 e. The maximum absolute atomic E-state index is 12.0. The number of anilines is 1. The molecule has 1 aliphatic rings. The third kappa shape index (κ3) is 1.37. The van der Waals surface area contributed by atoms with Crippen LogP contribution in [0.4, 0.5) is 5.95 Å². The van der Waals surface area contributed by atoms with Crippen LogP contribution in [0.25, 0.3) is 0 Å². The van der Waals surface area contributed by atoms with E-state index in [0.717, 1.165) is 17.0 Å². The summed E-state index contributed by atoms with van der Waals surface area (Å²) in [6, 6.07) is 9.48. The van der Waals surface area contributed by atoms with Gasteiger partial charge in [0.2, 0.25) is 5.95 Å². The fraction of sp³-hybridized carbons (Fsp3) is 0.231. The van der Waals surface area contributed by atoms with E-state index in [-0.39, 0.29) is 11.9 Å². The van der Waals surface area contributed by atoms with Crippen molar-refractivity contribution in [2.75, 3.05) is 5.32 Å². The number of rotatable bonds is 1. The van der Waals surface area contributed by atoms with Gasteiger partial charge < -0.3 is 0 Å². The molecule has 0 saturated heterocycles. The van der Waals surface area contributed by atoms with Gasteiger partial charge in [0.1, 0.15) is 6.04 Å².